The number of hydrogen-bond acceptors (Lipinski definition) is 10. The fourth-order valence-corrected chi connectivity index (χ4v) is 9.41. The molecule has 0 aromatic heterocycles. The van der Waals surface area contributed by atoms with Gasteiger partial charge in [0.2, 0.25) is 11.8 Å². The first-order valence-electron chi connectivity index (χ1n) is 28.0. The van der Waals surface area contributed by atoms with Gasteiger partial charge in [-0.05, 0) is 84.4 Å². The zero-order valence-corrected chi connectivity index (χ0v) is 51.2. The highest BCUT2D eigenvalue weighted by molar-refractivity contribution is 9.10. The van der Waals surface area contributed by atoms with E-state index in [1.54, 1.807) is 0 Å². The van der Waals surface area contributed by atoms with E-state index in [0.717, 1.165) is 70.0 Å². The SMILES string of the molecule is CC1(C)COB(B2OCC(C)(C)CO2)OC1.Cc1ccc(CC(=O)Nc2cc(B3OCC(C)(C)CO3)ccc2N(CC(C)C)CC(C)C)cc1.Cc1ccc(CC(=O)Nc2cc(Br)ccc2N(CC(C)C)CC(C)C)cc1. The largest absolute Gasteiger partial charge is 0.493 e. The molecular formula is C61H92B3BrN4O8. The molecule has 3 aliphatic heterocycles. The van der Waals surface area contributed by atoms with Crippen LogP contribution in [0.4, 0.5) is 22.7 Å². The van der Waals surface area contributed by atoms with Crippen molar-refractivity contribution in [2.45, 2.75) is 124 Å². The van der Waals surface area contributed by atoms with E-state index in [4.69, 9.17) is 27.9 Å². The molecule has 2 N–H and O–H groups in total. The molecule has 0 saturated carbocycles. The number of nitrogens with zero attached hydrogens (tertiary/aromatic N) is 2. The highest BCUT2D eigenvalue weighted by atomic mass is 79.9. The Morgan fingerprint density at radius 2 is 0.818 bits per heavy atom. The van der Waals surface area contributed by atoms with Gasteiger partial charge in [0.05, 0.1) is 35.6 Å². The molecule has 0 bridgehead atoms. The Balaban J connectivity index is 0.000000226. The lowest BCUT2D eigenvalue weighted by atomic mass is 9.47. The first kappa shape index (κ1) is 63.7. The predicted octanol–water partition coefficient (Wildman–Crippen LogP) is 12.3. The van der Waals surface area contributed by atoms with Crippen LogP contribution in [0.5, 0.6) is 0 Å². The number of halogens is 1. The van der Waals surface area contributed by atoms with Crippen molar-refractivity contribution in [3.63, 3.8) is 0 Å². The number of carbonyl (C=O) groups is 2. The molecule has 4 aromatic rings. The van der Waals surface area contributed by atoms with Gasteiger partial charge in [0.25, 0.3) is 0 Å². The Kier molecular flexibility index (Phi) is 24.3. The van der Waals surface area contributed by atoms with E-state index < -0.39 is 7.12 Å². The lowest BCUT2D eigenvalue weighted by Crippen LogP contribution is -2.56. The molecule has 0 unspecified atom stereocenters. The van der Waals surface area contributed by atoms with Gasteiger partial charge in [-0.1, -0.05) is 179 Å². The highest BCUT2D eigenvalue weighted by Gasteiger charge is 2.47. The van der Waals surface area contributed by atoms with Gasteiger partial charge in [-0.2, -0.15) is 0 Å². The molecule has 3 fully saturated rings. The number of benzene rings is 4. The molecule has 0 spiro atoms. The smallest absolute Gasteiger partial charge is 0.413 e. The zero-order valence-electron chi connectivity index (χ0n) is 49.6. The zero-order chi connectivity index (χ0) is 56.7. The summed E-state index contributed by atoms with van der Waals surface area (Å²) in [5.74, 6) is 2.07. The van der Waals surface area contributed by atoms with Gasteiger partial charge in [-0.25, -0.2) is 0 Å². The topological polar surface area (TPSA) is 120 Å². The van der Waals surface area contributed by atoms with Crippen LogP contribution >= 0.6 is 15.9 Å². The maximum absolute atomic E-state index is 13.1. The quantitative estimate of drug-likeness (QED) is 0.0932. The lowest BCUT2D eigenvalue weighted by Gasteiger charge is -2.38. The van der Waals surface area contributed by atoms with Crippen molar-refractivity contribution in [1.82, 2.24) is 0 Å². The Bertz CT molecular complexity index is 2400. The summed E-state index contributed by atoms with van der Waals surface area (Å²) in [5, 5.41) is 6.34. The molecular weight excluding hydrogens is 1030 g/mol. The van der Waals surface area contributed by atoms with Crippen LogP contribution in [0, 0.1) is 53.8 Å². The molecule has 77 heavy (non-hydrogen) atoms. The average Bonchev–Trinajstić information content (AvgIpc) is 3.33. The summed E-state index contributed by atoms with van der Waals surface area (Å²) in [6, 6.07) is 28.6. The maximum Gasteiger partial charge on any atom is 0.493 e. The van der Waals surface area contributed by atoms with Gasteiger partial charge in [0.1, 0.15) is 0 Å². The van der Waals surface area contributed by atoms with Crippen LogP contribution in [0.3, 0.4) is 0 Å². The van der Waals surface area contributed by atoms with Crippen molar-refractivity contribution >= 4 is 77.1 Å². The standard InChI is InChI=1S/C28H41BN2O3.C23H31BrN2O.C10H20B2O4/c1-20(2)16-31(17-21(3)4)26-13-12-24(29-33-18-28(6,7)19-34-29)15-25(26)30-27(32)14-23-10-8-22(5)9-11-23;1-16(2)14-26(15-17(3)4)22-11-10-20(24)13-21(22)25-23(27)12-19-8-6-18(5)7-9-19;1-9(2)5-13-11(14-6-9)12-15-7-10(3,4)8-16-12/h8-13,15,20-21H,14,16-19H2,1-7H3,(H,30,32);6-11,13,16-17H,12,14-15H2,1-5H3,(H,25,27);5-8H2,1-4H3. The molecule has 12 nitrogen and oxygen atoms in total. The van der Waals surface area contributed by atoms with Crippen molar-refractivity contribution in [1.29, 1.82) is 0 Å². The highest BCUT2D eigenvalue weighted by Crippen LogP contribution is 2.33. The maximum atomic E-state index is 13.1. The van der Waals surface area contributed by atoms with Gasteiger partial charge < -0.3 is 48.4 Å². The van der Waals surface area contributed by atoms with Gasteiger partial charge in [-0.15, -0.1) is 0 Å². The number of aryl methyl sites for hydroxylation is 2. The number of carbonyl (C=O) groups excluding carboxylic acids is 2. The first-order chi connectivity index (χ1) is 36.1. The van der Waals surface area contributed by atoms with E-state index >= 15 is 0 Å². The van der Waals surface area contributed by atoms with Crippen LogP contribution in [0.2, 0.25) is 0 Å². The second kappa shape index (κ2) is 29.4. The molecule has 420 valence electrons. The van der Waals surface area contributed by atoms with Crippen molar-refractivity contribution < 1.29 is 37.5 Å². The minimum absolute atomic E-state index is 0.00671. The molecule has 0 radical (unpaired) electrons. The molecule has 2 amide bonds. The van der Waals surface area contributed by atoms with Crippen LogP contribution in [-0.4, -0.2) is 98.8 Å². The molecule has 16 heteroatoms. The minimum atomic E-state index is -0.418. The van der Waals surface area contributed by atoms with Crippen molar-refractivity contribution in [2.75, 3.05) is 86.3 Å². The predicted molar refractivity (Wildman–Crippen MR) is 325 cm³/mol. The third-order valence-electron chi connectivity index (χ3n) is 12.8. The molecule has 3 heterocycles. The molecule has 3 aliphatic rings. The molecule has 4 aromatic carbocycles. The average molecular weight is 1120 g/mol. The number of nitrogens with one attached hydrogen (secondary N) is 2. The lowest BCUT2D eigenvalue weighted by molar-refractivity contribution is -0.116. The third-order valence-corrected chi connectivity index (χ3v) is 13.3. The van der Waals surface area contributed by atoms with E-state index in [1.165, 1.54) is 11.1 Å². The minimum Gasteiger partial charge on any atom is -0.413 e. The summed E-state index contributed by atoms with van der Waals surface area (Å²) in [5.41, 5.74) is 9.33. The third kappa shape index (κ3) is 22.1. The number of hydrogen-bond donors (Lipinski definition) is 2. The fourth-order valence-electron chi connectivity index (χ4n) is 9.05. The second-order valence-electron chi connectivity index (χ2n) is 25.7. The first-order valence-corrected chi connectivity index (χ1v) is 28.8. The normalized spacial score (nSPS) is 16.9. The molecule has 0 atom stereocenters. The summed E-state index contributed by atoms with van der Waals surface area (Å²) in [4.78, 5) is 30.5. The number of rotatable bonds is 18. The van der Waals surface area contributed by atoms with Crippen LogP contribution in [0.15, 0.2) is 89.4 Å². The summed E-state index contributed by atoms with van der Waals surface area (Å²) >= 11 is 3.54. The number of anilines is 4. The van der Waals surface area contributed by atoms with Gasteiger partial charge in [0, 0.05) is 86.5 Å². The summed E-state index contributed by atoms with van der Waals surface area (Å²) < 4.78 is 35.5. The van der Waals surface area contributed by atoms with E-state index in [9.17, 15) is 9.59 Å². The Morgan fingerprint density at radius 3 is 1.17 bits per heavy atom. The van der Waals surface area contributed by atoms with E-state index in [1.807, 2.05) is 66.7 Å². The molecule has 3 saturated heterocycles. The van der Waals surface area contributed by atoms with Crippen LogP contribution < -0.4 is 25.9 Å². The van der Waals surface area contributed by atoms with E-state index in [-0.39, 0.29) is 42.1 Å². The van der Waals surface area contributed by atoms with Crippen LogP contribution in [0.1, 0.15) is 119 Å². The summed E-state index contributed by atoms with van der Waals surface area (Å²) in [6.07, 6.45) is 0.712. The molecule has 0 aliphatic carbocycles. The van der Waals surface area contributed by atoms with Crippen LogP contribution in [0.25, 0.3) is 0 Å². The Hall–Kier alpha value is -4.15. The summed E-state index contributed by atoms with van der Waals surface area (Å²) in [7, 11) is -1.16. The number of amides is 2. The van der Waals surface area contributed by atoms with Crippen molar-refractivity contribution in [3.8, 4) is 0 Å². The molecule has 7 rings (SSSR count). The Morgan fingerprint density at radius 1 is 0.494 bits per heavy atom. The van der Waals surface area contributed by atoms with E-state index in [0.29, 0.717) is 76.2 Å². The van der Waals surface area contributed by atoms with Gasteiger partial charge in [0.15, 0.2) is 0 Å². The van der Waals surface area contributed by atoms with Crippen LogP contribution in [-0.2, 0) is 50.4 Å². The van der Waals surface area contributed by atoms with Gasteiger partial charge in [-0.3, -0.25) is 9.59 Å². The van der Waals surface area contributed by atoms with Gasteiger partial charge >= 0.3 is 21.1 Å². The van der Waals surface area contributed by atoms with E-state index in [2.05, 4.69) is 165 Å². The van der Waals surface area contributed by atoms with Crippen molar-refractivity contribution in [3.05, 3.63) is 112 Å². The summed E-state index contributed by atoms with van der Waals surface area (Å²) in [6.45, 7) is 42.4. The fraction of sp³-hybridized carbons (Fsp3) is 0.574. The Labute approximate surface area is 473 Å². The van der Waals surface area contributed by atoms with Crippen molar-refractivity contribution in [2.24, 2.45) is 39.9 Å². The monoisotopic (exact) mass is 1120 g/mol. The second-order valence-corrected chi connectivity index (χ2v) is 26.6.